The maximum Gasteiger partial charge on any atom is 0.270 e. The highest BCUT2D eigenvalue weighted by atomic mass is 16.5. The number of hydrogen-bond donors (Lipinski definition) is 2. The van der Waals surface area contributed by atoms with E-state index in [-0.39, 0.29) is 36.2 Å². The van der Waals surface area contributed by atoms with Crippen LogP contribution in [0.2, 0.25) is 0 Å². The normalized spacial score (nSPS) is 16.5. The molecule has 3 aromatic rings. The molecule has 0 saturated carbocycles. The fourth-order valence-corrected chi connectivity index (χ4v) is 4.50. The summed E-state index contributed by atoms with van der Waals surface area (Å²) in [5, 5.41) is 10.1. The number of ketones is 1. The lowest BCUT2D eigenvalue weighted by Crippen LogP contribution is -2.37. The molecule has 10 heteroatoms. The molecular weight excluding hydrogens is 448 g/mol. The minimum atomic E-state index is -0.400. The second kappa shape index (κ2) is 9.83. The average Bonchev–Trinajstić information content (AvgIpc) is 3.34. The summed E-state index contributed by atoms with van der Waals surface area (Å²) in [5.74, 6) is 0.476. The highest BCUT2D eigenvalue weighted by molar-refractivity contribution is 5.98. The van der Waals surface area contributed by atoms with E-state index in [0.717, 1.165) is 37.1 Å². The number of piperidine rings is 1. The van der Waals surface area contributed by atoms with E-state index in [1.807, 2.05) is 18.2 Å². The van der Waals surface area contributed by atoms with Gasteiger partial charge in [-0.1, -0.05) is 6.07 Å². The Hall–Kier alpha value is -3.79. The number of Topliss-reactive ketones (excluding diaryl/α,β-unsaturated/α-hetero) is 1. The third-order valence-corrected chi connectivity index (χ3v) is 6.57. The van der Waals surface area contributed by atoms with Crippen LogP contribution < -0.4 is 15.4 Å². The first-order chi connectivity index (χ1) is 17.0. The number of nitrogens with one attached hydrogen (secondary N) is 2. The zero-order valence-corrected chi connectivity index (χ0v) is 19.6. The van der Waals surface area contributed by atoms with Crippen molar-refractivity contribution in [2.45, 2.75) is 25.8 Å². The zero-order chi connectivity index (χ0) is 24.4. The number of fused-ring (bicyclic) bond motifs is 2. The van der Waals surface area contributed by atoms with E-state index in [9.17, 15) is 14.4 Å². The largest absolute Gasteiger partial charge is 0.486 e. The highest BCUT2D eigenvalue weighted by Crippen LogP contribution is 2.24. The highest BCUT2D eigenvalue weighted by Gasteiger charge is 2.21. The number of ether oxygens (including phenoxy) is 1. The van der Waals surface area contributed by atoms with Gasteiger partial charge in [-0.2, -0.15) is 5.10 Å². The molecule has 2 amide bonds. The molecule has 1 saturated heterocycles. The van der Waals surface area contributed by atoms with Crippen LogP contribution in [0.25, 0.3) is 5.65 Å². The zero-order valence-electron chi connectivity index (χ0n) is 19.6. The molecule has 2 aliphatic rings. The molecule has 0 unspecified atom stereocenters. The molecule has 1 aromatic carbocycles. The van der Waals surface area contributed by atoms with Gasteiger partial charge in [0.05, 0.1) is 6.20 Å². The molecule has 0 aliphatic carbocycles. The molecule has 5 rings (SSSR count). The molecule has 0 radical (unpaired) electrons. The lowest BCUT2D eigenvalue weighted by atomic mass is 9.97. The van der Waals surface area contributed by atoms with E-state index < -0.39 is 5.91 Å². The van der Waals surface area contributed by atoms with Crippen LogP contribution in [0.5, 0.6) is 5.75 Å². The SMILES string of the molecule is CN1CCC(CNC(=O)c2cc(C(=O)NCc3ccc4c(c3)CC(=O)CO4)nc3ccnn23)CC1. The fourth-order valence-electron chi connectivity index (χ4n) is 4.50. The Bertz CT molecular complexity index is 1280. The van der Waals surface area contributed by atoms with Crippen molar-refractivity contribution in [3.63, 3.8) is 0 Å². The van der Waals surface area contributed by atoms with E-state index in [1.165, 1.54) is 10.6 Å². The Labute approximate surface area is 202 Å². The maximum atomic E-state index is 13.0. The van der Waals surface area contributed by atoms with Crippen molar-refractivity contribution >= 4 is 23.2 Å². The van der Waals surface area contributed by atoms with Crippen molar-refractivity contribution in [3.05, 3.63) is 59.0 Å². The summed E-state index contributed by atoms with van der Waals surface area (Å²) in [4.78, 5) is 44.2. The number of amides is 2. The van der Waals surface area contributed by atoms with Crippen molar-refractivity contribution in [2.75, 3.05) is 33.3 Å². The van der Waals surface area contributed by atoms with Gasteiger partial charge in [0.25, 0.3) is 11.8 Å². The van der Waals surface area contributed by atoms with Crippen LogP contribution in [-0.4, -0.2) is 70.4 Å². The minimum Gasteiger partial charge on any atom is -0.486 e. The third kappa shape index (κ3) is 5.17. The Balaban J connectivity index is 1.27. The molecule has 0 atom stereocenters. The molecule has 10 nitrogen and oxygen atoms in total. The van der Waals surface area contributed by atoms with Crippen molar-refractivity contribution < 1.29 is 19.1 Å². The molecule has 0 bridgehead atoms. The van der Waals surface area contributed by atoms with Crippen LogP contribution in [-0.2, 0) is 17.8 Å². The van der Waals surface area contributed by atoms with Crippen molar-refractivity contribution in [3.8, 4) is 5.75 Å². The Morgan fingerprint density at radius 3 is 2.77 bits per heavy atom. The molecular formula is C25H28N6O4. The molecule has 35 heavy (non-hydrogen) atoms. The van der Waals surface area contributed by atoms with E-state index in [4.69, 9.17) is 4.74 Å². The molecule has 0 spiro atoms. The van der Waals surface area contributed by atoms with Gasteiger partial charge in [-0.05, 0) is 56.6 Å². The summed E-state index contributed by atoms with van der Waals surface area (Å²) in [7, 11) is 2.10. The molecule has 2 aromatic heterocycles. The first kappa shape index (κ1) is 23.0. The van der Waals surface area contributed by atoms with E-state index in [1.54, 1.807) is 12.3 Å². The van der Waals surface area contributed by atoms with Gasteiger partial charge in [0.2, 0.25) is 0 Å². The summed E-state index contributed by atoms with van der Waals surface area (Å²) in [6.45, 7) is 2.99. The van der Waals surface area contributed by atoms with Crippen LogP contribution in [0, 0.1) is 5.92 Å². The summed E-state index contributed by atoms with van der Waals surface area (Å²) < 4.78 is 6.87. The van der Waals surface area contributed by atoms with Crippen LogP contribution in [0.4, 0.5) is 0 Å². The van der Waals surface area contributed by atoms with Crippen molar-refractivity contribution in [1.82, 2.24) is 30.1 Å². The number of hydrogen-bond acceptors (Lipinski definition) is 7. The number of likely N-dealkylation sites (tertiary alicyclic amines) is 1. The van der Waals surface area contributed by atoms with Gasteiger partial charge in [0.15, 0.2) is 11.4 Å². The average molecular weight is 477 g/mol. The first-order valence-electron chi connectivity index (χ1n) is 11.8. The van der Waals surface area contributed by atoms with Gasteiger partial charge in [0.1, 0.15) is 23.7 Å². The Morgan fingerprint density at radius 1 is 1.11 bits per heavy atom. The second-order valence-electron chi connectivity index (χ2n) is 9.21. The smallest absolute Gasteiger partial charge is 0.270 e. The standard InChI is InChI=1S/C25H28N6O4/c1-30-8-5-16(6-9-30)13-27-25(34)21-12-20(29-23-4-7-28-31(21)23)24(33)26-14-17-2-3-22-18(10-17)11-19(32)15-35-22/h2-4,7,10,12,16H,5-6,8-9,11,13-15H2,1H3,(H,26,33)(H,27,34). The fraction of sp³-hybridized carbons (Fsp3) is 0.400. The van der Waals surface area contributed by atoms with Gasteiger partial charge in [-0.3, -0.25) is 14.4 Å². The first-order valence-corrected chi connectivity index (χ1v) is 11.8. The topological polar surface area (TPSA) is 118 Å². The molecule has 1 fully saturated rings. The Kier molecular flexibility index (Phi) is 6.45. The van der Waals surface area contributed by atoms with Crippen LogP contribution in [0.3, 0.4) is 0 Å². The number of carbonyl (C=O) groups excluding carboxylic acids is 3. The number of nitrogens with zero attached hydrogens (tertiary/aromatic N) is 4. The second-order valence-corrected chi connectivity index (χ2v) is 9.21. The lowest BCUT2D eigenvalue weighted by molar-refractivity contribution is -0.121. The minimum absolute atomic E-state index is 0.0265. The number of rotatable bonds is 6. The van der Waals surface area contributed by atoms with Crippen molar-refractivity contribution in [1.29, 1.82) is 0 Å². The van der Waals surface area contributed by atoms with E-state index in [0.29, 0.717) is 30.3 Å². The van der Waals surface area contributed by atoms with Gasteiger partial charge >= 0.3 is 0 Å². The lowest BCUT2D eigenvalue weighted by Gasteiger charge is -2.28. The summed E-state index contributed by atoms with van der Waals surface area (Å²) in [5.41, 5.74) is 2.49. The predicted octanol–water partition coefficient (Wildman–Crippen LogP) is 1.23. The van der Waals surface area contributed by atoms with Crippen molar-refractivity contribution in [2.24, 2.45) is 5.92 Å². The summed E-state index contributed by atoms with van der Waals surface area (Å²) in [6, 6.07) is 8.66. The van der Waals surface area contributed by atoms with E-state index >= 15 is 0 Å². The summed E-state index contributed by atoms with van der Waals surface area (Å²) >= 11 is 0. The summed E-state index contributed by atoms with van der Waals surface area (Å²) in [6.07, 6.45) is 3.96. The van der Waals surface area contributed by atoms with Gasteiger partial charge < -0.3 is 20.3 Å². The van der Waals surface area contributed by atoms with E-state index in [2.05, 4.69) is 32.7 Å². The molecule has 4 heterocycles. The monoisotopic (exact) mass is 476 g/mol. The quantitative estimate of drug-likeness (QED) is 0.550. The van der Waals surface area contributed by atoms with Crippen LogP contribution in [0.15, 0.2) is 36.5 Å². The van der Waals surface area contributed by atoms with Crippen LogP contribution >= 0.6 is 0 Å². The molecule has 2 aliphatic heterocycles. The van der Waals surface area contributed by atoms with Gasteiger partial charge in [0, 0.05) is 37.2 Å². The van der Waals surface area contributed by atoms with Gasteiger partial charge in [-0.25, -0.2) is 9.50 Å². The number of aromatic nitrogens is 3. The van der Waals surface area contributed by atoms with Crippen LogP contribution in [0.1, 0.15) is 44.9 Å². The predicted molar refractivity (Wildman–Crippen MR) is 127 cm³/mol. The third-order valence-electron chi connectivity index (χ3n) is 6.57. The van der Waals surface area contributed by atoms with Gasteiger partial charge in [-0.15, -0.1) is 0 Å². The Morgan fingerprint density at radius 2 is 1.94 bits per heavy atom. The molecule has 182 valence electrons. The number of carbonyl (C=O) groups is 3. The molecule has 2 N–H and O–H groups in total. The maximum absolute atomic E-state index is 13.0. The number of benzene rings is 1.